The fourth-order valence-corrected chi connectivity index (χ4v) is 4.03. The van der Waals surface area contributed by atoms with Crippen molar-refractivity contribution in [2.45, 2.75) is 26.1 Å². The highest BCUT2D eigenvalue weighted by molar-refractivity contribution is 6.34. The van der Waals surface area contributed by atoms with Gasteiger partial charge in [-0.1, -0.05) is 17.7 Å². The standard InChI is InChI=1S/C22H21ClF3N7O2/c1-12-29-16-11-33(21(34)14-5-3-6-15(18(14)23)22(24,25)26)10-8-13(16)20(30-12)35-31-19-17(32(2)27)7-4-9-28-19/h3-7,9H,8,10-11,27H2,1-2H3,(H,28,31). The van der Waals surface area contributed by atoms with Gasteiger partial charge in [0.2, 0.25) is 0 Å². The van der Waals surface area contributed by atoms with Crippen LogP contribution in [0.3, 0.4) is 0 Å². The molecule has 3 heterocycles. The highest BCUT2D eigenvalue weighted by atomic mass is 35.5. The monoisotopic (exact) mass is 507 g/mol. The van der Waals surface area contributed by atoms with Gasteiger partial charge in [-0.25, -0.2) is 15.8 Å². The number of hydrazine groups is 1. The van der Waals surface area contributed by atoms with Crippen molar-refractivity contribution >= 4 is 29.0 Å². The second-order valence-electron chi connectivity index (χ2n) is 7.83. The number of pyridine rings is 1. The first-order valence-electron chi connectivity index (χ1n) is 10.4. The Kier molecular flexibility index (Phi) is 6.68. The number of fused-ring (bicyclic) bond motifs is 1. The third kappa shape index (κ3) is 5.08. The number of benzene rings is 1. The Balaban J connectivity index is 1.57. The molecule has 1 aromatic carbocycles. The van der Waals surface area contributed by atoms with E-state index in [4.69, 9.17) is 22.3 Å². The molecule has 1 amide bonds. The first-order valence-corrected chi connectivity index (χ1v) is 10.8. The van der Waals surface area contributed by atoms with Gasteiger partial charge in [-0.2, -0.15) is 23.6 Å². The summed E-state index contributed by atoms with van der Waals surface area (Å²) in [5, 5.41) is 0.751. The number of nitrogens with zero attached hydrogens (tertiary/aromatic N) is 5. The SMILES string of the molecule is Cc1nc2c(c(ONc3ncccc3N(C)N)n1)CCN(C(=O)c1cccc(C(F)(F)F)c1Cl)C2. The number of hydrogen-bond acceptors (Lipinski definition) is 8. The third-order valence-corrected chi connectivity index (χ3v) is 5.78. The molecule has 2 aromatic heterocycles. The van der Waals surface area contributed by atoms with Crippen molar-refractivity contribution in [1.82, 2.24) is 19.9 Å². The van der Waals surface area contributed by atoms with Gasteiger partial charge >= 0.3 is 6.18 Å². The fourth-order valence-electron chi connectivity index (χ4n) is 3.72. The number of amides is 1. The lowest BCUT2D eigenvalue weighted by Gasteiger charge is -2.29. The fraction of sp³-hybridized carbons (Fsp3) is 0.273. The molecule has 3 aromatic rings. The molecule has 1 aliphatic heterocycles. The van der Waals surface area contributed by atoms with E-state index in [0.29, 0.717) is 35.0 Å². The van der Waals surface area contributed by atoms with E-state index in [9.17, 15) is 18.0 Å². The van der Waals surface area contributed by atoms with Crippen molar-refractivity contribution in [1.29, 1.82) is 0 Å². The Morgan fingerprint density at radius 2 is 2.03 bits per heavy atom. The van der Waals surface area contributed by atoms with Gasteiger partial charge in [0, 0.05) is 25.4 Å². The van der Waals surface area contributed by atoms with Crippen LogP contribution in [0.2, 0.25) is 5.02 Å². The van der Waals surface area contributed by atoms with E-state index < -0.39 is 22.7 Å². The van der Waals surface area contributed by atoms with Crippen LogP contribution >= 0.6 is 11.6 Å². The molecule has 0 saturated heterocycles. The van der Waals surface area contributed by atoms with Crippen molar-refractivity contribution < 1.29 is 22.8 Å². The molecule has 13 heteroatoms. The van der Waals surface area contributed by atoms with Gasteiger partial charge in [-0.3, -0.25) is 4.79 Å². The highest BCUT2D eigenvalue weighted by Crippen LogP contribution is 2.37. The molecule has 0 saturated carbocycles. The molecule has 0 aliphatic carbocycles. The number of aryl methyl sites for hydroxylation is 1. The molecule has 4 rings (SSSR count). The van der Waals surface area contributed by atoms with E-state index in [1.54, 1.807) is 32.3 Å². The maximum atomic E-state index is 13.2. The Bertz CT molecular complexity index is 1270. The third-order valence-electron chi connectivity index (χ3n) is 5.37. The molecular weight excluding hydrogens is 487 g/mol. The van der Waals surface area contributed by atoms with Crippen LogP contribution in [-0.4, -0.2) is 39.4 Å². The number of rotatable bonds is 5. The minimum atomic E-state index is -4.67. The average Bonchev–Trinajstić information content (AvgIpc) is 2.81. The van der Waals surface area contributed by atoms with Crippen molar-refractivity contribution in [3.05, 3.63) is 69.8 Å². The van der Waals surface area contributed by atoms with Gasteiger partial charge < -0.3 is 14.7 Å². The van der Waals surface area contributed by atoms with Crippen LogP contribution in [0.4, 0.5) is 24.7 Å². The van der Waals surface area contributed by atoms with Gasteiger partial charge in [0.1, 0.15) is 5.82 Å². The van der Waals surface area contributed by atoms with Crippen LogP contribution in [0.15, 0.2) is 36.5 Å². The number of carbonyl (C=O) groups excluding carboxylic acids is 1. The molecule has 3 N–H and O–H groups in total. The smallest absolute Gasteiger partial charge is 0.360 e. The normalized spacial score (nSPS) is 13.3. The van der Waals surface area contributed by atoms with Crippen LogP contribution in [0.1, 0.15) is 33.0 Å². The summed E-state index contributed by atoms with van der Waals surface area (Å²) in [7, 11) is 1.65. The molecule has 1 aliphatic rings. The molecule has 184 valence electrons. The number of nitrogens with two attached hydrogens (primary N) is 1. The van der Waals surface area contributed by atoms with Crippen LogP contribution in [-0.2, 0) is 19.1 Å². The first kappa shape index (κ1) is 24.5. The minimum absolute atomic E-state index is 0.0564. The summed E-state index contributed by atoms with van der Waals surface area (Å²) in [6.45, 7) is 1.93. The lowest BCUT2D eigenvalue weighted by atomic mass is 10.0. The first-order chi connectivity index (χ1) is 16.6. The summed E-state index contributed by atoms with van der Waals surface area (Å²) in [6.07, 6.45) is -2.78. The van der Waals surface area contributed by atoms with Gasteiger partial charge in [0.25, 0.3) is 11.8 Å². The largest absolute Gasteiger partial charge is 0.417 e. The number of halogens is 4. The Morgan fingerprint density at radius 3 is 2.74 bits per heavy atom. The lowest BCUT2D eigenvalue weighted by molar-refractivity contribution is -0.137. The number of nitrogens with one attached hydrogen (secondary N) is 1. The van der Waals surface area contributed by atoms with E-state index in [2.05, 4.69) is 20.4 Å². The van der Waals surface area contributed by atoms with Gasteiger partial charge in [-0.05, 0) is 37.6 Å². The van der Waals surface area contributed by atoms with Gasteiger partial charge in [-0.15, -0.1) is 0 Å². The zero-order valence-corrected chi connectivity index (χ0v) is 19.5. The summed E-state index contributed by atoms with van der Waals surface area (Å²) >= 11 is 5.95. The second-order valence-corrected chi connectivity index (χ2v) is 8.21. The second kappa shape index (κ2) is 9.55. The number of alkyl halides is 3. The van der Waals surface area contributed by atoms with Crippen molar-refractivity contribution in [2.24, 2.45) is 5.84 Å². The summed E-state index contributed by atoms with van der Waals surface area (Å²) in [4.78, 5) is 33.1. The van der Waals surface area contributed by atoms with Crippen LogP contribution in [0.25, 0.3) is 0 Å². The van der Waals surface area contributed by atoms with E-state index in [1.807, 2.05) is 0 Å². The molecule has 0 bridgehead atoms. The van der Waals surface area contributed by atoms with Gasteiger partial charge in [0.05, 0.1) is 34.1 Å². The topological polar surface area (TPSA) is 110 Å². The molecule has 0 spiro atoms. The van der Waals surface area contributed by atoms with Crippen LogP contribution in [0, 0.1) is 6.92 Å². The van der Waals surface area contributed by atoms with Gasteiger partial charge in [0.15, 0.2) is 5.82 Å². The average molecular weight is 508 g/mol. The Labute approximate surface area is 203 Å². The Hall–Kier alpha value is -3.64. The zero-order valence-electron chi connectivity index (χ0n) is 18.7. The number of hydrogen-bond donors (Lipinski definition) is 2. The molecule has 35 heavy (non-hydrogen) atoms. The molecule has 0 unspecified atom stereocenters. The number of anilines is 2. The van der Waals surface area contributed by atoms with E-state index in [-0.39, 0.29) is 24.5 Å². The summed E-state index contributed by atoms with van der Waals surface area (Å²) in [6, 6.07) is 6.75. The lowest BCUT2D eigenvalue weighted by Crippen LogP contribution is -2.37. The molecule has 0 fully saturated rings. The highest BCUT2D eigenvalue weighted by Gasteiger charge is 2.36. The predicted octanol–water partition coefficient (Wildman–Crippen LogP) is 3.77. The molecule has 0 atom stereocenters. The molecular formula is C22H21ClF3N7O2. The van der Waals surface area contributed by atoms with Crippen LogP contribution < -0.4 is 21.2 Å². The maximum absolute atomic E-state index is 13.2. The zero-order chi connectivity index (χ0) is 25.3. The van der Waals surface area contributed by atoms with Crippen molar-refractivity contribution in [3.63, 3.8) is 0 Å². The van der Waals surface area contributed by atoms with Crippen molar-refractivity contribution in [2.75, 3.05) is 24.1 Å². The summed E-state index contributed by atoms with van der Waals surface area (Å²) in [5.41, 5.74) is 3.25. The summed E-state index contributed by atoms with van der Waals surface area (Å²) in [5.74, 6) is 6.22. The van der Waals surface area contributed by atoms with E-state index in [0.717, 1.165) is 12.1 Å². The predicted molar refractivity (Wildman–Crippen MR) is 123 cm³/mol. The summed E-state index contributed by atoms with van der Waals surface area (Å²) < 4.78 is 39.7. The maximum Gasteiger partial charge on any atom is 0.417 e. The van der Waals surface area contributed by atoms with Crippen LogP contribution in [0.5, 0.6) is 5.88 Å². The van der Waals surface area contributed by atoms with E-state index >= 15 is 0 Å². The minimum Gasteiger partial charge on any atom is -0.360 e. The van der Waals surface area contributed by atoms with Crippen molar-refractivity contribution in [3.8, 4) is 5.88 Å². The molecule has 9 nitrogen and oxygen atoms in total. The molecule has 0 radical (unpaired) electrons. The Morgan fingerprint density at radius 1 is 1.26 bits per heavy atom. The quantitative estimate of drug-likeness (QED) is 0.397. The number of carbonyl (C=O) groups is 1. The number of aromatic nitrogens is 3. The van der Waals surface area contributed by atoms with E-state index in [1.165, 1.54) is 16.0 Å².